The molecule has 4 heterocycles. The normalized spacial score (nSPS) is 11.6. The second-order valence-corrected chi connectivity index (χ2v) is 10.2. The summed E-state index contributed by atoms with van der Waals surface area (Å²) < 4.78 is 7.91. The highest BCUT2D eigenvalue weighted by molar-refractivity contribution is 9.10. The van der Waals surface area contributed by atoms with Gasteiger partial charge in [-0.05, 0) is 86.3 Å². The summed E-state index contributed by atoms with van der Waals surface area (Å²) in [7, 11) is 0. The van der Waals surface area contributed by atoms with Crippen molar-refractivity contribution in [2.75, 3.05) is 0 Å². The predicted molar refractivity (Wildman–Crippen MR) is 141 cm³/mol. The molecular formula is C27H28BrN5O3. The van der Waals surface area contributed by atoms with E-state index in [1.165, 1.54) is 0 Å². The minimum atomic E-state index is -1.20. The van der Waals surface area contributed by atoms with Crippen LogP contribution in [0, 0.1) is 27.7 Å². The minimum absolute atomic E-state index is 0.246. The van der Waals surface area contributed by atoms with Crippen LogP contribution in [0.3, 0.4) is 0 Å². The van der Waals surface area contributed by atoms with Gasteiger partial charge in [0.25, 0.3) is 5.56 Å². The molecule has 36 heavy (non-hydrogen) atoms. The molecule has 0 aliphatic rings. The highest BCUT2D eigenvalue weighted by Gasteiger charge is 2.22. The van der Waals surface area contributed by atoms with Crippen LogP contribution in [0.25, 0.3) is 17.1 Å². The molecule has 0 unspecified atom stereocenters. The molecule has 0 fully saturated rings. The van der Waals surface area contributed by atoms with Gasteiger partial charge in [0.2, 0.25) is 0 Å². The van der Waals surface area contributed by atoms with Gasteiger partial charge in [-0.25, -0.2) is 9.97 Å². The first-order valence-corrected chi connectivity index (χ1v) is 12.2. The summed E-state index contributed by atoms with van der Waals surface area (Å²) >= 11 is 3.44. The van der Waals surface area contributed by atoms with E-state index in [9.17, 15) is 9.90 Å². The van der Waals surface area contributed by atoms with Gasteiger partial charge in [0.15, 0.2) is 5.82 Å². The molecule has 0 atom stereocenters. The summed E-state index contributed by atoms with van der Waals surface area (Å²) in [6.07, 6.45) is 6.91. The fourth-order valence-electron chi connectivity index (χ4n) is 3.82. The van der Waals surface area contributed by atoms with E-state index in [1.54, 1.807) is 43.2 Å². The molecule has 0 aliphatic heterocycles. The number of aromatic nitrogens is 5. The number of aliphatic hydroxyl groups is 1. The van der Waals surface area contributed by atoms with Crippen LogP contribution in [-0.2, 0) is 12.2 Å². The number of aryl methyl sites for hydroxylation is 4. The molecule has 0 saturated heterocycles. The average Bonchev–Trinajstić information content (AvgIpc) is 2.81. The van der Waals surface area contributed by atoms with Gasteiger partial charge < -0.3 is 9.84 Å². The lowest BCUT2D eigenvalue weighted by molar-refractivity contribution is 0.0688. The highest BCUT2D eigenvalue weighted by atomic mass is 79.9. The molecule has 186 valence electrons. The van der Waals surface area contributed by atoms with Crippen LogP contribution in [-0.4, -0.2) is 29.6 Å². The average molecular weight is 550 g/mol. The number of ether oxygens (including phenoxy) is 1. The zero-order chi connectivity index (χ0) is 26.2. The largest absolute Gasteiger partial charge is 0.487 e. The molecule has 0 radical (unpaired) electrons. The summed E-state index contributed by atoms with van der Waals surface area (Å²) in [5.74, 6) is 0.761. The third-order valence-corrected chi connectivity index (χ3v) is 6.43. The van der Waals surface area contributed by atoms with Crippen molar-refractivity contribution < 1.29 is 9.84 Å². The maximum atomic E-state index is 13.5. The van der Waals surface area contributed by atoms with Crippen molar-refractivity contribution in [3.05, 3.63) is 91.6 Å². The van der Waals surface area contributed by atoms with Crippen molar-refractivity contribution in [3.63, 3.8) is 0 Å². The van der Waals surface area contributed by atoms with Crippen molar-refractivity contribution in [1.29, 1.82) is 0 Å². The van der Waals surface area contributed by atoms with Gasteiger partial charge in [0, 0.05) is 42.1 Å². The van der Waals surface area contributed by atoms with Crippen molar-refractivity contribution in [2.45, 2.75) is 53.8 Å². The van der Waals surface area contributed by atoms with E-state index < -0.39 is 5.60 Å². The molecule has 0 aromatic carbocycles. The van der Waals surface area contributed by atoms with E-state index >= 15 is 0 Å². The molecule has 0 spiro atoms. The van der Waals surface area contributed by atoms with E-state index in [-0.39, 0.29) is 5.56 Å². The summed E-state index contributed by atoms with van der Waals surface area (Å²) in [5.41, 5.74) is 4.72. The molecular weight excluding hydrogens is 522 g/mol. The van der Waals surface area contributed by atoms with E-state index in [0.717, 1.165) is 22.3 Å². The highest BCUT2D eigenvalue weighted by Crippen LogP contribution is 2.28. The summed E-state index contributed by atoms with van der Waals surface area (Å²) in [6.45, 7) is 11.2. The minimum Gasteiger partial charge on any atom is -0.487 e. The number of hydrogen-bond acceptors (Lipinski definition) is 7. The monoisotopic (exact) mass is 549 g/mol. The van der Waals surface area contributed by atoms with Gasteiger partial charge in [-0.15, -0.1) is 0 Å². The van der Waals surface area contributed by atoms with Crippen LogP contribution >= 0.6 is 15.9 Å². The zero-order valence-electron chi connectivity index (χ0n) is 21.1. The molecule has 1 N–H and O–H groups in total. The third kappa shape index (κ3) is 5.22. The molecule has 4 aromatic rings. The first kappa shape index (κ1) is 25.7. The van der Waals surface area contributed by atoms with Gasteiger partial charge in [-0.3, -0.25) is 19.3 Å². The zero-order valence-corrected chi connectivity index (χ0v) is 22.7. The van der Waals surface area contributed by atoms with Gasteiger partial charge in [0.1, 0.15) is 22.4 Å². The number of pyridine rings is 3. The number of rotatable bonds is 6. The first-order valence-electron chi connectivity index (χ1n) is 11.4. The topological polar surface area (TPSA) is 103 Å². The molecule has 8 nitrogen and oxygen atoms in total. The fourth-order valence-corrected chi connectivity index (χ4v) is 4.23. The standard InChI is InChI=1S/C27H28BrN5O3/c1-15-7-19(13-29-10-15)14-36-22-8-18(4)33(25(34)23(22)28)21-9-20(30-11-16(21)2)24-17(3)12-31-26(32-24)27(5,6)35/h7-13,35H,14H2,1-6H3. The Kier molecular flexibility index (Phi) is 7.06. The quantitative estimate of drug-likeness (QED) is 0.365. The maximum Gasteiger partial charge on any atom is 0.273 e. The van der Waals surface area contributed by atoms with Crippen LogP contribution in [0.2, 0.25) is 0 Å². The Morgan fingerprint density at radius 2 is 1.72 bits per heavy atom. The van der Waals surface area contributed by atoms with Crippen LogP contribution in [0.15, 0.2) is 52.3 Å². The van der Waals surface area contributed by atoms with Crippen LogP contribution in [0.4, 0.5) is 0 Å². The molecule has 0 amide bonds. The fraction of sp³-hybridized carbons (Fsp3) is 0.296. The van der Waals surface area contributed by atoms with Crippen LogP contribution in [0.5, 0.6) is 5.75 Å². The van der Waals surface area contributed by atoms with Gasteiger partial charge in [0.05, 0.1) is 17.1 Å². The number of halogens is 1. The molecule has 0 aliphatic carbocycles. The Bertz CT molecular complexity index is 1510. The van der Waals surface area contributed by atoms with Crippen LogP contribution < -0.4 is 10.3 Å². The Hall–Kier alpha value is -3.43. The number of hydrogen-bond donors (Lipinski definition) is 1. The van der Waals surface area contributed by atoms with Crippen molar-refractivity contribution in [1.82, 2.24) is 24.5 Å². The second-order valence-electron chi connectivity index (χ2n) is 9.40. The first-order chi connectivity index (χ1) is 17.0. The van der Waals surface area contributed by atoms with E-state index in [0.29, 0.717) is 45.4 Å². The van der Waals surface area contributed by atoms with Gasteiger partial charge in [-0.2, -0.15) is 0 Å². The Morgan fingerprint density at radius 1 is 1.00 bits per heavy atom. The smallest absolute Gasteiger partial charge is 0.273 e. The summed E-state index contributed by atoms with van der Waals surface area (Å²) in [5, 5.41) is 10.4. The SMILES string of the molecule is Cc1cncc(COc2cc(C)n(-c3cc(-c4nc(C(C)(C)O)ncc4C)ncc3C)c(=O)c2Br)c1. The molecule has 4 rings (SSSR count). The van der Waals surface area contributed by atoms with Crippen molar-refractivity contribution in [2.24, 2.45) is 0 Å². The lowest BCUT2D eigenvalue weighted by atomic mass is 10.1. The predicted octanol–water partition coefficient (Wildman–Crippen LogP) is 4.89. The summed E-state index contributed by atoms with van der Waals surface area (Å²) in [4.78, 5) is 31.0. The van der Waals surface area contributed by atoms with Gasteiger partial charge >= 0.3 is 0 Å². The van der Waals surface area contributed by atoms with Crippen LogP contribution in [0.1, 0.15) is 47.6 Å². The third-order valence-electron chi connectivity index (χ3n) is 5.70. The van der Waals surface area contributed by atoms with Crippen molar-refractivity contribution >= 4 is 15.9 Å². The molecule has 0 bridgehead atoms. The Balaban J connectivity index is 1.75. The maximum absolute atomic E-state index is 13.5. The molecule has 9 heteroatoms. The number of nitrogens with zero attached hydrogens (tertiary/aromatic N) is 5. The summed E-state index contributed by atoms with van der Waals surface area (Å²) in [6, 6.07) is 5.66. The molecule has 4 aromatic heterocycles. The lowest BCUT2D eigenvalue weighted by Gasteiger charge is -2.18. The second kappa shape index (κ2) is 9.91. The lowest BCUT2D eigenvalue weighted by Crippen LogP contribution is -2.23. The van der Waals surface area contributed by atoms with Gasteiger partial charge in [-0.1, -0.05) is 0 Å². The van der Waals surface area contributed by atoms with E-state index in [1.807, 2.05) is 45.9 Å². The van der Waals surface area contributed by atoms with Crippen molar-refractivity contribution in [3.8, 4) is 22.8 Å². The molecule has 0 saturated carbocycles. The Labute approximate surface area is 218 Å². The van der Waals surface area contributed by atoms with E-state index in [2.05, 4.69) is 35.9 Å². The van der Waals surface area contributed by atoms with E-state index in [4.69, 9.17) is 4.74 Å². The Morgan fingerprint density at radius 3 is 2.42 bits per heavy atom.